The monoisotopic (exact) mass is 532 g/mol. The van der Waals surface area contributed by atoms with Gasteiger partial charge in [-0.1, -0.05) is 33.6 Å². The number of halogens is 2. The first-order chi connectivity index (χ1) is 15.9. The quantitative estimate of drug-likeness (QED) is 0.232. The lowest BCUT2D eigenvalue weighted by Gasteiger charge is -2.10. The molecular weight excluding hydrogens is 516 g/mol. The topological polar surface area (TPSA) is 122 Å². The summed E-state index contributed by atoms with van der Waals surface area (Å²) >= 11 is 9.25. The molecule has 0 aliphatic rings. The van der Waals surface area contributed by atoms with E-state index < -0.39 is 11.8 Å². The molecule has 3 N–H and O–H groups in total. The molecule has 0 saturated carbocycles. The summed E-state index contributed by atoms with van der Waals surface area (Å²) in [5.74, 6) is -1.34. The van der Waals surface area contributed by atoms with Gasteiger partial charge in [0.15, 0.2) is 6.61 Å². The fourth-order valence-corrected chi connectivity index (χ4v) is 3.10. The Morgan fingerprint density at radius 2 is 1.94 bits per heavy atom. The number of hydrazone groups is 1. The third-order valence-corrected chi connectivity index (χ3v) is 4.75. The molecular formula is C22H18BrClN4O5. The number of anilines is 1. The Labute approximate surface area is 202 Å². The lowest BCUT2D eigenvalue weighted by atomic mass is 10.2. The molecule has 0 fully saturated rings. The molecule has 170 valence electrons. The van der Waals surface area contributed by atoms with Crippen molar-refractivity contribution in [2.45, 2.75) is 6.54 Å². The highest BCUT2D eigenvalue weighted by atomic mass is 79.9. The van der Waals surface area contributed by atoms with E-state index in [0.29, 0.717) is 27.8 Å². The van der Waals surface area contributed by atoms with Gasteiger partial charge in [-0.25, -0.2) is 5.43 Å². The van der Waals surface area contributed by atoms with Crippen LogP contribution in [0.25, 0.3) is 0 Å². The lowest BCUT2D eigenvalue weighted by Crippen LogP contribution is -2.37. The van der Waals surface area contributed by atoms with Crippen LogP contribution in [0.2, 0.25) is 5.02 Å². The Morgan fingerprint density at radius 1 is 1.09 bits per heavy atom. The zero-order chi connectivity index (χ0) is 23.6. The average Bonchev–Trinajstić information content (AvgIpc) is 3.30. The van der Waals surface area contributed by atoms with E-state index in [9.17, 15) is 14.4 Å². The number of nitrogens with one attached hydrogen (secondary N) is 3. The molecule has 0 atom stereocenters. The summed E-state index contributed by atoms with van der Waals surface area (Å²) in [7, 11) is 0. The second-order valence-electron chi connectivity index (χ2n) is 6.49. The predicted octanol–water partition coefficient (Wildman–Crippen LogP) is 3.48. The Morgan fingerprint density at radius 3 is 2.70 bits per heavy atom. The molecule has 0 aliphatic carbocycles. The molecule has 0 aliphatic heterocycles. The van der Waals surface area contributed by atoms with E-state index in [4.69, 9.17) is 20.8 Å². The maximum Gasteiger partial charge on any atom is 0.329 e. The number of rotatable bonds is 8. The fourth-order valence-electron chi connectivity index (χ4n) is 2.53. The van der Waals surface area contributed by atoms with Gasteiger partial charge in [-0.05, 0) is 48.5 Å². The first kappa shape index (κ1) is 24.0. The highest BCUT2D eigenvalue weighted by Gasteiger charge is 2.13. The van der Waals surface area contributed by atoms with Crippen LogP contribution in [-0.4, -0.2) is 30.5 Å². The van der Waals surface area contributed by atoms with E-state index in [-0.39, 0.29) is 19.1 Å². The van der Waals surface area contributed by atoms with Crippen molar-refractivity contribution in [3.63, 3.8) is 0 Å². The van der Waals surface area contributed by atoms with Crippen molar-refractivity contribution in [3.05, 3.63) is 81.7 Å². The van der Waals surface area contributed by atoms with Gasteiger partial charge in [0.2, 0.25) is 0 Å². The van der Waals surface area contributed by atoms with Crippen LogP contribution < -0.4 is 20.8 Å². The minimum atomic E-state index is -0.948. The first-order valence-corrected chi connectivity index (χ1v) is 10.7. The van der Waals surface area contributed by atoms with E-state index in [2.05, 4.69) is 37.1 Å². The van der Waals surface area contributed by atoms with E-state index in [1.807, 2.05) is 0 Å². The van der Waals surface area contributed by atoms with Crippen LogP contribution in [0, 0.1) is 0 Å². The number of furan rings is 1. The van der Waals surface area contributed by atoms with Crippen LogP contribution >= 0.6 is 27.5 Å². The zero-order valence-electron chi connectivity index (χ0n) is 17.0. The molecule has 33 heavy (non-hydrogen) atoms. The summed E-state index contributed by atoms with van der Waals surface area (Å²) in [5, 5.41) is 9.37. The molecule has 0 unspecified atom stereocenters. The number of ether oxygens (including phenoxy) is 1. The van der Waals surface area contributed by atoms with Gasteiger partial charge in [0.25, 0.3) is 5.91 Å². The van der Waals surface area contributed by atoms with E-state index in [1.54, 1.807) is 54.6 Å². The summed E-state index contributed by atoms with van der Waals surface area (Å²) < 4.78 is 11.4. The number of amides is 3. The van der Waals surface area contributed by atoms with Crippen molar-refractivity contribution in [3.8, 4) is 5.75 Å². The van der Waals surface area contributed by atoms with Gasteiger partial charge in [-0.2, -0.15) is 5.10 Å². The second-order valence-corrected chi connectivity index (χ2v) is 7.84. The molecule has 0 radical (unpaired) electrons. The predicted molar refractivity (Wildman–Crippen MR) is 126 cm³/mol. The Bertz CT molecular complexity index is 1170. The fraction of sp³-hybridized carbons (Fsp3) is 0.0909. The molecule has 11 heteroatoms. The third kappa shape index (κ3) is 7.78. The summed E-state index contributed by atoms with van der Waals surface area (Å²) in [6.07, 6.45) is 2.76. The van der Waals surface area contributed by atoms with Crippen LogP contribution in [0.15, 0.2) is 74.9 Å². The average molecular weight is 534 g/mol. The minimum Gasteiger partial charge on any atom is -0.483 e. The highest BCUT2D eigenvalue weighted by Crippen LogP contribution is 2.22. The number of hydrogen-bond donors (Lipinski definition) is 3. The van der Waals surface area contributed by atoms with E-state index >= 15 is 0 Å². The first-order valence-electron chi connectivity index (χ1n) is 9.52. The molecule has 0 spiro atoms. The van der Waals surface area contributed by atoms with Gasteiger partial charge >= 0.3 is 11.8 Å². The molecule has 0 bridgehead atoms. The van der Waals surface area contributed by atoms with Gasteiger partial charge in [-0.3, -0.25) is 14.4 Å². The number of hydrogen-bond acceptors (Lipinski definition) is 6. The normalized spacial score (nSPS) is 10.6. The number of carbonyl (C=O) groups is 3. The highest BCUT2D eigenvalue weighted by molar-refractivity contribution is 9.10. The van der Waals surface area contributed by atoms with Crippen LogP contribution in [-0.2, 0) is 20.9 Å². The van der Waals surface area contributed by atoms with Gasteiger partial charge in [0.05, 0.1) is 19.0 Å². The molecule has 3 aromatic rings. The van der Waals surface area contributed by atoms with Gasteiger partial charge in [0.1, 0.15) is 11.5 Å². The summed E-state index contributed by atoms with van der Waals surface area (Å²) in [6, 6.07) is 15.1. The molecule has 1 aromatic heterocycles. The number of nitrogens with zero attached hydrogens (tertiary/aromatic N) is 1. The van der Waals surface area contributed by atoms with E-state index in [1.165, 1.54) is 12.5 Å². The molecule has 0 saturated heterocycles. The summed E-state index contributed by atoms with van der Waals surface area (Å²) in [4.78, 5) is 35.9. The van der Waals surface area contributed by atoms with Gasteiger partial charge in [-0.15, -0.1) is 0 Å². The maximum absolute atomic E-state index is 12.2. The SMILES string of the molecule is O=C(COc1ccc(Br)cc1/C=N\NC(=O)C(=O)NCc1ccco1)Nc1cccc(Cl)c1. The van der Waals surface area contributed by atoms with Crippen LogP contribution in [0.1, 0.15) is 11.3 Å². The molecule has 1 heterocycles. The Hall–Kier alpha value is -3.63. The van der Waals surface area contributed by atoms with E-state index in [0.717, 1.165) is 4.47 Å². The standard InChI is InChI=1S/C22H18BrClN4O5/c23-15-6-7-19(33-13-20(29)27-17-4-1-3-16(24)10-17)14(9-15)11-26-28-22(31)21(30)25-12-18-5-2-8-32-18/h1-11H,12-13H2,(H,25,30)(H,27,29)(H,28,31)/b26-11-. The van der Waals surface area contributed by atoms with Crippen LogP contribution in [0.3, 0.4) is 0 Å². The van der Waals surface area contributed by atoms with Gasteiger partial charge < -0.3 is 19.8 Å². The zero-order valence-corrected chi connectivity index (χ0v) is 19.4. The van der Waals surface area contributed by atoms with Crippen molar-refractivity contribution in [2.75, 3.05) is 11.9 Å². The second kappa shape index (κ2) is 11.8. The largest absolute Gasteiger partial charge is 0.483 e. The van der Waals surface area contributed by atoms with Crippen molar-refractivity contribution >= 4 is 57.2 Å². The van der Waals surface area contributed by atoms with Crippen molar-refractivity contribution in [2.24, 2.45) is 5.10 Å². The summed E-state index contributed by atoms with van der Waals surface area (Å²) in [6.45, 7) is -0.194. The smallest absolute Gasteiger partial charge is 0.329 e. The number of benzene rings is 2. The molecule has 3 amide bonds. The molecule has 2 aromatic carbocycles. The molecule has 3 rings (SSSR count). The summed E-state index contributed by atoms with van der Waals surface area (Å²) in [5.41, 5.74) is 3.15. The van der Waals surface area contributed by atoms with Crippen molar-refractivity contribution < 1.29 is 23.5 Å². The van der Waals surface area contributed by atoms with Crippen LogP contribution in [0.4, 0.5) is 5.69 Å². The third-order valence-electron chi connectivity index (χ3n) is 4.02. The van der Waals surface area contributed by atoms with Gasteiger partial charge in [0, 0.05) is 20.7 Å². The minimum absolute atomic E-state index is 0.0733. The van der Waals surface area contributed by atoms with Crippen LogP contribution in [0.5, 0.6) is 5.75 Å². The maximum atomic E-state index is 12.2. The molecule has 9 nitrogen and oxygen atoms in total. The van der Waals surface area contributed by atoms with Crippen molar-refractivity contribution in [1.82, 2.24) is 10.7 Å². The Balaban J connectivity index is 1.54. The lowest BCUT2D eigenvalue weighted by molar-refractivity contribution is -0.139. The van der Waals surface area contributed by atoms with Crippen molar-refractivity contribution in [1.29, 1.82) is 0 Å². The Kier molecular flexibility index (Phi) is 8.62. The number of carbonyl (C=O) groups excluding carboxylic acids is 3.